The Morgan fingerprint density at radius 1 is 1.33 bits per heavy atom. The third-order valence-corrected chi connectivity index (χ3v) is 3.61. The molecule has 4 heteroatoms. The smallest absolute Gasteiger partial charge is 0.238 e. The van der Waals surface area contributed by atoms with Crippen LogP contribution in [0.5, 0.6) is 0 Å². The number of hydrogen-bond donors (Lipinski definition) is 0. The summed E-state index contributed by atoms with van der Waals surface area (Å²) in [5.41, 5.74) is 2.69. The van der Waals surface area contributed by atoms with Gasteiger partial charge >= 0.3 is 0 Å². The van der Waals surface area contributed by atoms with E-state index in [0.717, 1.165) is 6.54 Å². The summed E-state index contributed by atoms with van der Waals surface area (Å²) in [6, 6.07) is 8.66. The van der Waals surface area contributed by atoms with Gasteiger partial charge in [-0.1, -0.05) is 25.1 Å². The van der Waals surface area contributed by atoms with Crippen LogP contribution >= 0.6 is 0 Å². The molecule has 2 atom stereocenters. The first-order valence-electron chi connectivity index (χ1n) is 6.32. The molecular formula is C14H17N3O. The fraction of sp³-hybridized carbons (Fsp3) is 0.429. The van der Waals surface area contributed by atoms with Gasteiger partial charge in [-0.15, -0.1) is 10.2 Å². The molecule has 1 aliphatic heterocycles. The largest absolute Gasteiger partial charge is 0.423 e. The van der Waals surface area contributed by atoms with E-state index in [4.69, 9.17) is 4.42 Å². The van der Waals surface area contributed by atoms with Crippen LogP contribution < -0.4 is 4.90 Å². The van der Waals surface area contributed by atoms with Crippen LogP contribution in [0.2, 0.25) is 0 Å². The number of benzene rings is 1. The van der Waals surface area contributed by atoms with E-state index >= 15 is 0 Å². The molecule has 0 spiro atoms. The van der Waals surface area contributed by atoms with Gasteiger partial charge in [-0.25, -0.2) is 0 Å². The first-order chi connectivity index (χ1) is 8.66. The summed E-state index contributed by atoms with van der Waals surface area (Å²) in [7, 11) is 0. The van der Waals surface area contributed by atoms with E-state index in [9.17, 15) is 0 Å². The normalized spacial score (nSPS) is 19.9. The zero-order valence-corrected chi connectivity index (χ0v) is 10.9. The number of para-hydroxylation sites is 1. The van der Waals surface area contributed by atoms with E-state index in [2.05, 4.69) is 53.2 Å². The molecule has 1 aliphatic rings. The summed E-state index contributed by atoms with van der Waals surface area (Å²) in [6.45, 7) is 7.19. The lowest BCUT2D eigenvalue weighted by Gasteiger charge is -2.24. The van der Waals surface area contributed by atoms with Crippen molar-refractivity contribution in [2.45, 2.75) is 32.7 Å². The second-order valence-corrected chi connectivity index (χ2v) is 4.95. The first kappa shape index (κ1) is 11.3. The van der Waals surface area contributed by atoms with Crippen molar-refractivity contribution >= 4 is 5.69 Å². The van der Waals surface area contributed by atoms with Gasteiger partial charge in [0.1, 0.15) is 6.04 Å². The molecule has 0 aliphatic carbocycles. The molecule has 0 N–H and O–H groups in total. The molecule has 2 heterocycles. The molecule has 4 nitrogen and oxygen atoms in total. The molecule has 0 saturated carbocycles. The summed E-state index contributed by atoms with van der Waals surface area (Å²) < 4.78 is 5.54. The van der Waals surface area contributed by atoms with Crippen LogP contribution in [0.15, 0.2) is 28.7 Å². The number of anilines is 1. The molecule has 0 fully saturated rings. The van der Waals surface area contributed by atoms with Crippen molar-refractivity contribution in [2.24, 2.45) is 0 Å². The van der Waals surface area contributed by atoms with Gasteiger partial charge in [0.15, 0.2) is 0 Å². The van der Waals surface area contributed by atoms with Gasteiger partial charge in [-0.3, -0.25) is 0 Å². The molecule has 0 amide bonds. The average Bonchev–Trinajstić information content (AvgIpc) is 2.94. The third kappa shape index (κ3) is 1.68. The Hall–Kier alpha value is -1.84. The van der Waals surface area contributed by atoms with Crippen molar-refractivity contribution in [1.29, 1.82) is 0 Å². The highest BCUT2D eigenvalue weighted by molar-refractivity contribution is 5.60. The van der Waals surface area contributed by atoms with Crippen molar-refractivity contribution in [1.82, 2.24) is 10.2 Å². The predicted molar refractivity (Wildman–Crippen MR) is 69.7 cm³/mol. The molecule has 2 unspecified atom stereocenters. The van der Waals surface area contributed by atoms with Crippen molar-refractivity contribution in [3.8, 4) is 0 Å². The van der Waals surface area contributed by atoms with E-state index in [1.54, 1.807) is 0 Å². The quantitative estimate of drug-likeness (QED) is 0.813. The Morgan fingerprint density at radius 2 is 2.11 bits per heavy atom. The first-order valence-corrected chi connectivity index (χ1v) is 6.32. The van der Waals surface area contributed by atoms with Crippen molar-refractivity contribution in [2.75, 3.05) is 11.4 Å². The zero-order chi connectivity index (χ0) is 12.7. The molecule has 1 aromatic heterocycles. The number of aromatic nitrogens is 2. The highest BCUT2D eigenvalue weighted by Gasteiger charge is 2.31. The van der Waals surface area contributed by atoms with Gasteiger partial charge in [0, 0.05) is 25.1 Å². The molecule has 0 radical (unpaired) electrons. The summed E-state index contributed by atoms with van der Waals surface area (Å²) in [5, 5.41) is 8.04. The fourth-order valence-electron chi connectivity index (χ4n) is 2.64. The van der Waals surface area contributed by atoms with Crippen molar-refractivity contribution in [3.63, 3.8) is 0 Å². The standard InChI is InChI=1S/C14H17N3O/c1-9-8-17(13-7-5-4-6-12(9)13)10(2)14-16-15-11(3)18-14/h4-7,9-10H,8H2,1-3H3. The van der Waals surface area contributed by atoms with Crippen LogP contribution in [-0.4, -0.2) is 16.7 Å². The summed E-state index contributed by atoms with van der Waals surface area (Å²) in [5.74, 6) is 1.86. The van der Waals surface area contributed by atoms with E-state index in [-0.39, 0.29) is 6.04 Å². The molecule has 1 aromatic carbocycles. The Morgan fingerprint density at radius 3 is 2.83 bits per heavy atom. The maximum Gasteiger partial charge on any atom is 0.238 e. The summed E-state index contributed by atoms with van der Waals surface area (Å²) >= 11 is 0. The van der Waals surface area contributed by atoms with Gasteiger partial charge in [0.05, 0.1) is 0 Å². The maximum absolute atomic E-state index is 5.54. The third-order valence-electron chi connectivity index (χ3n) is 3.61. The lowest BCUT2D eigenvalue weighted by Crippen LogP contribution is -2.25. The zero-order valence-electron chi connectivity index (χ0n) is 10.9. The van der Waals surface area contributed by atoms with E-state index in [0.29, 0.717) is 17.7 Å². The SMILES string of the molecule is Cc1nnc(C(C)N2CC(C)c3ccccc32)o1. The minimum Gasteiger partial charge on any atom is -0.423 e. The highest BCUT2D eigenvalue weighted by atomic mass is 16.4. The number of aryl methyl sites for hydroxylation is 1. The Bertz CT molecular complexity index is 564. The average molecular weight is 243 g/mol. The van der Waals surface area contributed by atoms with Crippen LogP contribution in [0.25, 0.3) is 0 Å². The maximum atomic E-state index is 5.54. The van der Waals surface area contributed by atoms with Gasteiger partial charge < -0.3 is 9.32 Å². The minimum absolute atomic E-state index is 0.122. The highest BCUT2D eigenvalue weighted by Crippen LogP contribution is 2.40. The van der Waals surface area contributed by atoms with Crippen LogP contribution in [0, 0.1) is 6.92 Å². The van der Waals surface area contributed by atoms with Crippen LogP contribution in [0.3, 0.4) is 0 Å². The van der Waals surface area contributed by atoms with Gasteiger partial charge in [0.2, 0.25) is 11.8 Å². The van der Waals surface area contributed by atoms with Crippen molar-refractivity contribution in [3.05, 3.63) is 41.6 Å². The fourth-order valence-corrected chi connectivity index (χ4v) is 2.64. The molecule has 18 heavy (non-hydrogen) atoms. The second kappa shape index (κ2) is 4.12. The Kier molecular flexibility index (Phi) is 2.58. The minimum atomic E-state index is 0.122. The van der Waals surface area contributed by atoms with E-state index < -0.39 is 0 Å². The molecular weight excluding hydrogens is 226 g/mol. The summed E-state index contributed by atoms with van der Waals surface area (Å²) in [4.78, 5) is 2.34. The molecule has 3 rings (SSSR count). The Labute approximate surface area is 107 Å². The van der Waals surface area contributed by atoms with Gasteiger partial charge in [-0.2, -0.15) is 0 Å². The topological polar surface area (TPSA) is 42.2 Å². The molecule has 2 aromatic rings. The van der Waals surface area contributed by atoms with Crippen LogP contribution in [-0.2, 0) is 0 Å². The van der Waals surface area contributed by atoms with E-state index in [1.165, 1.54) is 11.3 Å². The van der Waals surface area contributed by atoms with E-state index in [1.807, 2.05) is 6.92 Å². The summed E-state index contributed by atoms with van der Waals surface area (Å²) in [6.07, 6.45) is 0. The lowest BCUT2D eigenvalue weighted by atomic mass is 10.0. The number of fused-ring (bicyclic) bond motifs is 1. The monoisotopic (exact) mass is 243 g/mol. The molecule has 0 bridgehead atoms. The number of rotatable bonds is 2. The van der Waals surface area contributed by atoms with Gasteiger partial charge in [0.25, 0.3) is 0 Å². The number of hydrogen-bond acceptors (Lipinski definition) is 4. The molecule has 94 valence electrons. The predicted octanol–water partition coefficient (Wildman–Crippen LogP) is 3.06. The van der Waals surface area contributed by atoms with Crippen molar-refractivity contribution < 1.29 is 4.42 Å². The van der Waals surface area contributed by atoms with Gasteiger partial charge in [-0.05, 0) is 18.6 Å². The second-order valence-electron chi connectivity index (χ2n) is 4.95. The lowest BCUT2D eigenvalue weighted by molar-refractivity contribution is 0.429. The number of nitrogens with zero attached hydrogens (tertiary/aromatic N) is 3. The van der Waals surface area contributed by atoms with Crippen LogP contribution in [0.4, 0.5) is 5.69 Å². The molecule has 0 saturated heterocycles. The Balaban J connectivity index is 1.95. The van der Waals surface area contributed by atoms with Crippen LogP contribution in [0.1, 0.15) is 43.2 Å².